The second kappa shape index (κ2) is 5.40. The minimum Gasteiger partial charge on any atom is -0.369 e. The van der Waals surface area contributed by atoms with Crippen LogP contribution < -0.4 is 11.3 Å². The number of nitrogens with zero attached hydrogens (tertiary/aromatic N) is 5. The van der Waals surface area contributed by atoms with E-state index in [1.807, 2.05) is 14.0 Å². The molecule has 3 rings (SSSR count). The van der Waals surface area contributed by atoms with E-state index >= 15 is 0 Å². The lowest BCUT2D eigenvalue weighted by Gasteiger charge is -2.03. The molecule has 0 amide bonds. The fraction of sp³-hybridized carbons (Fsp3) is 0.214. The van der Waals surface area contributed by atoms with Gasteiger partial charge in [0.2, 0.25) is 5.95 Å². The topological polar surface area (TPSA) is 115 Å². The first-order chi connectivity index (χ1) is 10.5. The van der Waals surface area contributed by atoms with Crippen molar-refractivity contribution in [2.45, 2.75) is 13.3 Å². The van der Waals surface area contributed by atoms with Gasteiger partial charge in [0, 0.05) is 43.2 Å². The summed E-state index contributed by atoms with van der Waals surface area (Å²) in [5, 5.41) is 4.45. The van der Waals surface area contributed by atoms with Crippen molar-refractivity contribution < 1.29 is 0 Å². The summed E-state index contributed by atoms with van der Waals surface area (Å²) in [5.74, 6) is 0.741. The first kappa shape index (κ1) is 13.9. The number of nitrogen functional groups attached to an aromatic ring is 1. The Labute approximate surface area is 126 Å². The van der Waals surface area contributed by atoms with E-state index in [0.717, 1.165) is 11.3 Å². The first-order valence-electron chi connectivity index (χ1n) is 6.70. The summed E-state index contributed by atoms with van der Waals surface area (Å²) in [6, 6.07) is 3.15. The number of aromatic nitrogens is 6. The molecule has 0 aliphatic carbocycles. The molecule has 3 aromatic rings. The van der Waals surface area contributed by atoms with Crippen molar-refractivity contribution in [1.82, 2.24) is 29.7 Å². The maximum absolute atomic E-state index is 11.6. The SMILES string of the molecule is Cc1c(Cc2ncccn2)c(-c2cc(=O)[nH]c(N)n2)nn1C. The molecule has 0 aliphatic rings. The number of hydrogen-bond acceptors (Lipinski definition) is 6. The van der Waals surface area contributed by atoms with Crippen LogP contribution in [0.25, 0.3) is 11.4 Å². The number of aromatic amines is 1. The number of hydrogen-bond donors (Lipinski definition) is 2. The monoisotopic (exact) mass is 297 g/mol. The van der Waals surface area contributed by atoms with Gasteiger partial charge in [-0.1, -0.05) is 0 Å². The molecular formula is C14H15N7O. The van der Waals surface area contributed by atoms with Gasteiger partial charge in [-0.3, -0.25) is 14.5 Å². The molecule has 8 heteroatoms. The van der Waals surface area contributed by atoms with Crippen LogP contribution in [0.5, 0.6) is 0 Å². The number of H-pyrrole nitrogens is 1. The van der Waals surface area contributed by atoms with Crippen LogP contribution in [-0.2, 0) is 13.5 Å². The lowest BCUT2D eigenvalue weighted by molar-refractivity contribution is 0.739. The highest BCUT2D eigenvalue weighted by Gasteiger charge is 2.18. The molecule has 0 bridgehead atoms. The predicted molar refractivity (Wildman–Crippen MR) is 81.0 cm³/mol. The lowest BCUT2D eigenvalue weighted by Crippen LogP contribution is -2.11. The summed E-state index contributed by atoms with van der Waals surface area (Å²) in [5.41, 5.74) is 8.25. The fourth-order valence-electron chi connectivity index (χ4n) is 2.25. The van der Waals surface area contributed by atoms with E-state index in [1.54, 1.807) is 23.1 Å². The fourth-order valence-corrected chi connectivity index (χ4v) is 2.25. The maximum Gasteiger partial charge on any atom is 0.252 e. The molecule has 0 spiro atoms. The van der Waals surface area contributed by atoms with Gasteiger partial charge in [0.05, 0.1) is 0 Å². The van der Waals surface area contributed by atoms with E-state index in [4.69, 9.17) is 5.73 Å². The van der Waals surface area contributed by atoms with Gasteiger partial charge in [-0.15, -0.1) is 0 Å². The average Bonchev–Trinajstić information content (AvgIpc) is 2.76. The second-order valence-electron chi connectivity index (χ2n) is 4.89. The smallest absolute Gasteiger partial charge is 0.252 e. The highest BCUT2D eigenvalue weighted by molar-refractivity contribution is 5.61. The van der Waals surface area contributed by atoms with Crippen LogP contribution in [-0.4, -0.2) is 29.7 Å². The Hall–Kier alpha value is -3.03. The van der Waals surface area contributed by atoms with Crippen LogP contribution in [0.1, 0.15) is 17.1 Å². The third kappa shape index (κ3) is 2.58. The van der Waals surface area contributed by atoms with Gasteiger partial charge in [0.25, 0.3) is 5.56 Å². The van der Waals surface area contributed by atoms with Crippen molar-refractivity contribution in [3.8, 4) is 11.4 Å². The van der Waals surface area contributed by atoms with E-state index in [1.165, 1.54) is 6.07 Å². The zero-order valence-electron chi connectivity index (χ0n) is 12.2. The summed E-state index contributed by atoms with van der Waals surface area (Å²) >= 11 is 0. The van der Waals surface area contributed by atoms with Crippen LogP contribution in [0.15, 0.2) is 29.3 Å². The molecule has 0 unspecified atom stereocenters. The molecule has 3 aromatic heterocycles. The van der Waals surface area contributed by atoms with Gasteiger partial charge in [-0.05, 0) is 13.0 Å². The van der Waals surface area contributed by atoms with E-state index in [0.29, 0.717) is 23.6 Å². The van der Waals surface area contributed by atoms with Gasteiger partial charge in [-0.25, -0.2) is 15.0 Å². The number of rotatable bonds is 3. The molecule has 0 atom stereocenters. The first-order valence-corrected chi connectivity index (χ1v) is 6.70. The summed E-state index contributed by atoms with van der Waals surface area (Å²) < 4.78 is 1.74. The predicted octanol–water partition coefficient (Wildman–Crippen LogP) is 0.442. The molecule has 0 fully saturated rings. The van der Waals surface area contributed by atoms with Crippen molar-refractivity contribution in [3.05, 3.63) is 52.0 Å². The third-order valence-corrected chi connectivity index (χ3v) is 3.41. The summed E-state index contributed by atoms with van der Waals surface area (Å²) in [6.45, 7) is 1.95. The van der Waals surface area contributed by atoms with Crippen molar-refractivity contribution in [3.63, 3.8) is 0 Å². The Morgan fingerprint density at radius 3 is 2.73 bits per heavy atom. The molecule has 0 aromatic carbocycles. The molecule has 0 aliphatic heterocycles. The largest absolute Gasteiger partial charge is 0.369 e. The second-order valence-corrected chi connectivity index (χ2v) is 4.89. The van der Waals surface area contributed by atoms with Gasteiger partial charge in [-0.2, -0.15) is 5.10 Å². The minimum atomic E-state index is -0.312. The van der Waals surface area contributed by atoms with Gasteiger partial charge in [0.15, 0.2) is 0 Å². The number of nitrogens with one attached hydrogen (secondary N) is 1. The van der Waals surface area contributed by atoms with Gasteiger partial charge < -0.3 is 5.73 Å². The normalized spacial score (nSPS) is 10.8. The van der Waals surface area contributed by atoms with Crippen LogP contribution in [0.4, 0.5) is 5.95 Å². The summed E-state index contributed by atoms with van der Waals surface area (Å²) in [4.78, 5) is 26.7. The zero-order chi connectivity index (χ0) is 15.7. The molecule has 22 heavy (non-hydrogen) atoms. The highest BCUT2D eigenvalue weighted by atomic mass is 16.1. The molecule has 3 heterocycles. The van der Waals surface area contributed by atoms with E-state index in [9.17, 15) is 4.79 Å². The Kier molecular flexibility index (Phi) is 3.42. The third-order valence-electron chi connectivity index (χ3n) is 3.41. The molecule has 0 saturated carbocycles. The Morgan fingerprint density at radius 2 is 2.05 bits per heavy atom. The van der Waals surface area contributed by atoms with Gasteiger partial charge in [0.1, 0.15) is 17.2 Å². The van der Waals surface area contributed by atoms with Crippen LogP contribution >= 0.6 is 0 Å². The standard InChI is InChI=1S/C14H15N7O/c1-8-9(6-11-16-4-3-5-17-11)13(20-21(8)2)10-7-12(22)19-14(15)18-10/h3-5,7H,6H2,1-2H3,(H3,15,18,19,22). The zero-order valence-corrected chi connectivity index (χ0v) is 12.2. The van der Waals surface area contributed by atoms with Gasteiger partial charge >= 0.3 is 0 Å². The van der Waals surface area contributed by atoms with Crippen molar-refractivity contribution in [1.29, 1.82) is 0 Å². The Morgan fingerprint density at radius 1 is 1.32 bits per heavy atom. The molecule has 3 N–H and O–H groups in total. The lowest BCUT2D eigenvalue weighted by atomic mass is 10.1. The molecule has 0 radical (unpaired) electrons. The molecule has 112 valence electrons. The summed E-state index contributed by atoms with van der Waals surface area (Å²) in [7, 11) is 1.84. The minimum absolute atomic E-state index is 0.0627. The number of anilines is 1. The Bertz CT molecular complexity index is 867. The van der Waals surface area contributed by atoms with Crippen LogP contribution in [0.3, 0.4) is 0 Å². The summed E-state index contributed by atoms with van der Waals surface area (Å²) in [6.07, 6.45) is 3.89. The van der Waals surface area contributed by atoms with E-state index in [-0.39, 0.29) is 11.5 Å². The Balaban J connectivity index is 2.12. The van der Waals surface area contributed by atoms with Crippen molar-refractivity contribution in [2.75, 3.05) is 5.73 Å². The van der Waals surface area contributed by atoms with Crippen molar-refractivity contribution in [2.24, 2.45) is 7.05 Å². The van der Waals surface area contributed by atoms with Crippen LogP contribution in [0, 0.1) is 6.92 Å². The van der Waals surface area contributed by atoms with E-state index < -0.39 is 0 Å². The molecular weight excluding hydrogens is 282 g/mol. The molecule has 0 saturated heterocycles. The average molecular weight is 297 g/mol. The molecule has 8 nitrogen and oxygen atoms in total. The van der Waals surface area contributed by atoms with E-state index in [2.05, 4.69) is 25.0 Å². The maximum atomic E-state index is 11.6. The van der Waals surface area contributed by atoms with Crippen LogP contribution in [0.2, 0.25) is 0 Å². The number of nitrogens with two attached hydrogens (primary N) is 1. The quantitative estimate of drug-likeness (QED) is 0.725. The number of aryl methyl sites for hydroxylation is 1. The highest BCUT2D eigenvalue weighted by Crippen LogP contribution is 2.24. The van der Waals surface area contributed by atoms with Crippen molar-refractivity contribution >= 4 is 5.95 Å².